The van der Waals surface area contributed by atoms with Gasteiger partial charge in [-0.15, -0.1) is 0 Å². The number of sulfonamides is 1. The summed E-state index contributed by atoms with van der Waals surface area (Å²) in [6.45, 7) is 9.30. The summed E-state index contributed by atoms with van der Waals surface area (Å²) in [5.74, 6) is 0. The van der Waals surface area contributed by atoms with Crippen molar-refractivity contribution in [3.05, 3.63) is 16.4 Å². The smallest absolute Gasteiger partial charge is 0.209 e. The van der Waals surface area contributed by atoms with E-state index in [4.69, 9.17) is 11.6 Å². The van der Waals surface area contributed by atoms with Gasteiger partial charge >= 0.3 is 0 Å². The average Bonchev–Trinajstić information content (AvgIpc) is 2.53. The second kappa shape index (κ2) is 6.43. The summed E-state index contributed by atoms with van der Waals surface area (Å²) in [7, 11) is -3.23. The summed E-state index contributed by atoms with van der Waals surface area (Å²) in [6.07, 6.45) is 1.15. The lowest BCUT2D eigenvalue weighted by Crippen LogP contribution is -2.49. The van der Waals surface area contributed by atoms with Crippen molar-refractivity contribution in [1.82, 2.24) is 19.8 Å². The van der Waals surface area contributed by atoms with E-state index >= 15 is 0 Å². The number of nitrogens with zero attached hydrogens (tertiary/aromatic N) is 2. The van der Waals surface area contributed by atoms with Crippen LogP contribution in [0.25, 0.3) is 0 Å². The molecule has 8 heteroatoms. The fraction of sp³-hybridized carbons (Fsp3) is 0.750. The van der Waals surface area contributed by atoms with Crippen molar-refractivity contribution in [2.45, 2.75) is 46.3 Å². The number of nitrogens with one attached hydrogen (secondary N) is 2. The van der Waals surface area contributed by atoms with E-state index in [1.165, 1.54) is 0 Å². The van der Waals surface area contributed by atoms with Crippen LogP contribution in [0.1, 0.15) is 32.2 Å². The van der Waals surface area contributed by atoms with E-state index in [0.717, 1.165) is 24.2 Å². The number of rotatable bonds is 7. The first-order valence-electron chi connectivity index (χ1n) is 6.47. The van der Waals surface area contributed by atoms with Crippen LogP contribution in [-0.4, -0.2) is 36.5 Å². The summed E-state index contributed by atoms with van der Waals surface area (Å²) in [4.78, 5) is 0. The van der Waals surface area contributed by atoms with Crippen molar-refractivity contribution in [2.75, 3.05) is 12.8 Å². The molecule has 0 saturated heterocycles. The molecule has 2 N–H and O–H groups in total. The molecule has 0 aliphatic rings. The van der Waals surface area contributed by atoms with Gasteiger partial charge in [-0.1, -0.05) is 11.6 Å². The van der Waals surface area contributed by atoms with Gasteiger partial charge < -0.3 is 5.32 Å². The predicted octanol–water partition coefficient (Wildman–Crippen LogP) is 1.28. The zero-order valence-corrected chi connectivity index (χ0v) is 14.2. The van der Waals surface area contributed by atoms with Crippen molar-refractivity contribution in [1.29, 1.82) is 0 Å². The lowest BCUT2D eigenvalue weighted by molar-refractivity contribution is 0.416. The molecular formula is C12H23ClN4O2S. The Morgan fingerprint density at radius 3 is 2.50 bits per heavy atom. The van der Waals surface area contributed by atoms with Crippen LogP contribution < -0.4 is 10.0 Å². The molecule has 0 atom stereocenters. The van der Waals surface area contributed by atoms with E-state index in [-0.39, 0.29) is 0 Å². The minimum absolute atomic E-state index is 0.490. The number of halogens is 1. The molecule has 20 heavy (non-hydrogen) atoms. The SMILES string of the molecule is CCn1nc(C)c(Cl)c1CNCC(C)(C)NS(C)(=O)=O. The monoisotopic (exact) mass is 322 g/mol. The van der Waals surface area contributed by atoms with Crippen LogP contribution in [0.2, 0.25) is 5.02 Å². The van der Waals surface area contributed by atoms with E-state index in [1.807, 2.05) is 32.4 Å². The molecule has 0 aliphatic carbocycles. The molecule has 116 valence electrons. The maximum absolute atomic E-state index is 11.3. The third kappa shape index (κ3) is 5.05. The zero-order valence-electron chi connectivity index (χ0n) is 12.6. The Bertz CT molecular complexity index is 566. The lowest BCUT2D eigenvalue weighted by Gasteiger charge is -2.25. The van der Waals surface area contributed by atoms with Crippen molar-refractivity contribution in [3.63, 3.8) is 0 Å². The third-order valence-electron chi connectivity index (χ3n) is 2.77. The Kier molecular flexibility index (Phi) is 5.60. The number of hydrogen-bond donors (Lipinski definition) is 2. The highest BCUT2D eigenvalue weighted by Crippen LogP contribution is 2.20. The van der Waals surface area contributed by atoms with Crippen molar-refractivity contribution in [2.24, 2.45) is 0 Å². The molecule has 0 radical (unpaired) electrons. The topological polar surface area (TPSA) is 76.0 Å². The van der Waals surface area contributed by atoms with Crippen LogP contribution in [0.15, 0.2) is 0 Å². The highest BCUT2D eigenvalue weighted by atomic mass is 35.5. The van der Waals surface area contributed by atoms with Crippen molar-refractivity contribution in [3.8, 4) is 0 Å². The lowest BCUT2D eigenvalue weighted by atomic mass is 10.1. The summed E-state index contributed by atoms with van der Waals surface area (Å²) in [5, 5.41) is 8.22. The van der Waals surface area contributed by atoms with Gasteiger partial charge in [0.2, 0.25) is 10.0 Å². The minimum Gasteiger partial charge on any atom is -0.309 e. The molecular weight excluding hydrogens is 300 g/mol. The molecule has 0 aromatic carbocycles. The Morgan fingerprint density at radius 2 is 2.00 bits per heavy atom. The van der Waals surface area contributed by atoms with Gasteiger partial charge in [0.25, 0.3) is 0 Å². The highest BCUT2D eigenvalue weighted by molar-refractivity contribution is 7.88. The summed E-state index contributed by atoms with van der Waals surface area (Å²) >= 11 is 6.21. The average molecular weight is 323 g/mol. The molecule has 1 rings (SSSR count). The van der Waals surface area contributed by atoms with Gasteiger partial charge in [0.1, 0.15) is 0 Å². The van der Waals surface area contributed by atoms with Crippen molar-refractivity contribution >= 4 is 21.6 Å². The first kappa shape index (κ1) is 17.4. The molecule has 0 spiro atoms. The maximum atomic E-state index is 11.3. The molecule has 0 aliphatic heterocycles. The van der Waals surface area contributed by atoms with Gasteiger partial charge in [-0.25, -0.2) is 13.1 Å². The van der Waals surface area contributed by atoms with Gasteiger partial charge in [-0.05, 0) is 27.7 Å². The highest BCUT2D eigenvalue weighted by Gasteiger charge is 2.22. The van der Waals surface area contributed by atoms with Crippen LogP contribution in [0.3, 0.4) is 0 Å². The van der Waals surface area contributed by atoms with E-state index in [0.29, 0.717) is 18.1 Å². The zero-order chi connectivity index (χ0) is 15.6. The van der Waals surface area contributed by atoms with Gasteiger partial charge in [0, 0.05) is 25.2 Å². The Hall–Kier alpha value is -0.630. The number of aromatic nitrogens is 2. The fourth-order valence-corrected chi connectivity index (χ4v) is 3.35. The predicted molar refractivity (Wildman–Crippen MR) is 81.4 cm³/mol. The molecule has 1 aromatic rings. The summed E-state index contributed by atoms with van der Waals surface area (Å²) < 4.78 is 27.0. The maximum Gasteiger partial charge on any atom is 0.209 e. The van der Waals surface area contributed by atoms with Gasteiger partial charge in [0.05, 0.1) is 22.7 Å². The largest absolute Gasteiger partial charge is 0.309 e. The van der Waals surface area contributed by atoms with Crippen LogP contribution in [-0.2, 0) is 23.1 Å². The van der Waals surface area contributed by atoms with Gasteiger partial charge in [0.15, 0.2) is 0 Å². The Balaban J connectivity index is 2.65. The molecule has 0 amide bonds. The van der Waals surface area contributed by atoms with Crippen LogP contribution in [0, 0.1) is 6.92 Å². The molecule has 0 saturated carbocycles. The van der Waals surface area contributed by atoms with Crippen LogP contribution in [0.5, 0.6) is 0 Å². The quantitative estimate of drug-likeness (QED) is 0.793. The first-order valence-corrected chi connectivity index (χ1v) is 8.74. The second-order valence-electron chi connectivity index (χ2n) is 5.52. The van der Waals surface area contributed by atoms with Crippen LogP contribution in [0.4, 0.5) is 0 Å². The minimum atomic E-state index is -3.23. The van der Waals surface area contributed by atoms with Gasteiger partial charge in [-0.3, -0.25) is 4.68 Å². The first-order chi connectivity index (χ1) is 9.06. The summed E-state index contributed by atoms with van der Waals surface area (Å²) in [6, 6.07) is 0. The number of aryl methyl sites for hydroxylation is 2. The molecule has 0 unspecified atom stereocenters. The van der Waals surface area contributed by atoms with Crippen molar-refractivity contribution < 1.29 is 8.42 Å². The molecule has 6 nitrogen and oxygen atoms in total. The molecule has 0 bridgehead atoms. The third-order valence-corrected chi connectivity index (χ3v) is 4.19. The van der Waals surface area contributed by atoms with Gasteiger partial charge in [-0.2, -0.15) is 5.10 Å². The Morgan fingerprint density at radius 1 is 1.40 bits per heavy atom. The summed E-state index contributed by atoms with van der Waals surface area (Å²) in [5.41, 5.74) is 1.16. The molecule has 1 aromatic heterocycles. The standard InChI is InChI=1S/C12H23ClN4O2S/c1-6-17-10(11(13)9(2)15-17)7-14-8-12(3,4)16-20(5,18)19/h14,16H,6-8H2,1-5H3. The fourth-order valence-electron chi connectivity index (χ4n) is 2.07. The van der Waals surface area contributed by atoms with E-state index in [9.17, 15) is 8.42 Å². The van der Waals surface area contributed by atoms with E-state index < -0.39 is 15.6 Å². The van der Waals surface area contributed by atoms with Crippen LogP contribution >= 0.6 is 11.6 Å². The molecule has 1 heterocycles. The Labute approximate surface area is 125 Å². The molecule has 0 fully saturated rings. The normalized spacial score (nSPS) is 12.9. The second-order valence-corrected chi connectivity index (χ2v) is 7.65. The van der Waals surface area contributed by atoms with E-state index in [1.54, 1.807) is 0 Å². The number of hydrogen-bond acceptors (Lipinski definition) is 4. The van der Waals surface area contributed by atoms with E-state index in [2.05, 4.69) is 15.1 Å².